The minimum atomic E-state index is 0. The fraction of sp³-hybridized carbons (Fsp3) is 0.625. The van der Waals surface area contributed by atoms with Crippen molar-refractivity contribution in [2.45, 2.75) is 51.5 Å². The first-order valence-electron chi connectivity index (χ1n) is 11.5. The predicted molar refractivity (Wildman–Crippen MR) is 136 cm³/mol. The van der Waals surface area contributed by atoms with E-state index >= 15 is 0 Å². The lowest BCUT2D eigenvalue weighted by molar-refractivity contribution is -0.0390. The highest BCUT2D eigenvalue weighted by Gasteiger charge is 2.29. The van der Waals surface area contributed by atoms with Gasteiger partial charge in [-0.25, -0.2) is 4.99 Å². The third kappa shape index (κ3) is 7.17. The van der Waals surface area contributed by atoms with Crippen LogP contribution in [0.2, 0.25) is 0 Å². The summed E-state index contributed by atoms with van der Waals surface area (Å²) in [4.78, 5) is 9.94. The molecule has 3 aliphatic rings. The molecule has 3 heterocycles. The molecule has 3 aliphatic heterocycles. The number of rotatable bonds is 7. The van der Waals surface area contributed by atoms with Gasteiger partial charge in [0.15, 0.2) is 5.96 Å². The second-order valence-corrected chi connectivity index (χ2v) is 8.43. The van der Waals surface area contributed by atoms with Crippen LogP contribution in [0.1, 0.15) is 37.3 Å². The van der Waals surface area contributed by atoms with Gasteiger partial charge in [-0.1, -0.05) is 36.4 Å². The number of benzene rings is 1. The molecule has 6 nitrogen and oxygen atoms in total. The Morgan fingerprint density at radius 2 is 1.94 bits per heavy atom. The van der Waals surface area contributed by atoms with Gasteiger partial charge in [-0.05, 0) is 37.3 Å². The summed E-state index contributed by atoms with van der Waals surface area (Å²) < 4.78 is 11.5. The van der Waals surface area contributed by atoms with E-state index in [1.54, 1.807) is 0 Å². The second kappa shape index (κ2) is 12.8. The third-order valence-corrected chi connectivity index (χ3v) is 6.22. The highest BCUT2D eigenvalue weighted by atomic mass is 127. The van der Waals surface area contributed by atoms with Crippen molar-refractivity contribution in [3.05, 3.63) is 47.5 Å². The lowest BCUT2D eigenvalue weighted by atomic mass is 10.1. The number of aliphatic imine (C=N–C) groups is 1. The topological polar surface area (TPSA) is 49.3 Å². The van der Waals surface area contributed by atoms with E-state index < -0.39 is 0 Å². The maximum atomic E-state index is 6.08. The van der Waals surface area contributed by atoms with Crippen LogP contribution in [0.25, 0.3) is 0 Å². The van der Waals surface area contributed by atoms with E-state index in [4.69, 9.17) is 14.5 Å². The predicted octanol–water partition coefficient (Wildman–Crippen LogP) is 3.41. The van der Waals surface area contributed by atoms with E-state index in [1.165, 1.54) is 17.5 Å². The fourth-order valence-electron chi connectivity index (χ4n) is 4.49. The second-order valence-electron chi connectivity index (χ2n) is 8.43. The maximum Gasteiger partial charge on any atom is 0.194 e. The van der Waals surface area contributed by atoms with Gasteiger partial charge < -0.3 is 19.7 Å². The largest absolute Gasteiger partial charge is 0.381 e. The average molecular weight is 540 g/mol. The van der Waals surface area contributed by atoms with Crippen LogP contribution in [-0.2, 0) is 22.6 Å². The first-order chi connectivity index (χ1) is 14.8. The van der Waals surface area contributed by atoms with Crippen molar-refractivity contribution < 1.29 is 9.47 Å². The molecule has 2 fully saturated rings. The summed E-state index contributed by atoms with van der Waals surface area (Å²) in [6.07, 6.45) is 8.10. The van der Waals surface area contributed by atoms with Gasteiger partial charge in [-0.3, -0.25) is 4.90 Å². The minimum Gasteiger partial charge on any atom is -0.381 e. The van der Waals surface area contributed by atoms with Gasteiger partial charge in [0.1, 0.15) is 0 Å². The van der Waals surface area contributed by atoms with Crippen LogP contribution in [0.3, 0.4) is 0 Å². The van der Waals surface area contributed by atoms with Crippen LogP contribution < -0.4 is 5.32 Å². The molecule has 2 saturated heterocycles. The Balaban J connectivity index is 0.00000272. The molecule has 172 valence electrons. The van der Waals surface area contributed by atoms with Crippen LogP contribution in [0.5, 0.6) is 0 Å². The highest BCUT2D eigenvalue weighted by molar-refractivity contribution is 14.0. The Morgan fingerprint density at radius 3 is 2.71 bits per heavy atom. The smallest absolute Gasteiger partial charge is 0.194 e. The molecule has 31 heavy (non-hydrogen) atoms. The van der Waals surface area contributed by atoms with Gasteiger partial charge in [-0.2, -0.15) is 0 Å². The van der Waals surface area contributed by atoms with Crippen LogP contribution in [-0.4, -0.2) is 73.8 Å². The first-order valence-corrected chi connectivity index (χ1v) is 11.5. The Bertz CT molecular complexity index is 728. The summed E-state index contributed by atoms with van der Waals surface area (Å²) in [6.45, 7) is 10.4. The number of halogens is 1. The molecule has 0 saturated carbocycles. The summed E-state index contributed by atoms with van der Waals surface area (Å²) in [5.41, 5.74) is 2.46. The highest BCUT2D eigenvalue weighted by Crippen LogP contribution is 2.19. The molecule has 0 bridgehead atoms. The van der Waals surface area contributed by atoms with Crippen LogP contribution in [0.4, 0.5) is 0 Å². The van der Waals surface area contributed by atoms with Crippen LogP contribution in [0.15, 0.2) is 41.4 Å². The van der Waals surface area contributed by atoms with Gasteiger partial charge >= 0.3 is 0 Å². The number of guanidine groups is 1. The third-order valence-electron chi connectivity index (χ3n) is 6.22. The zero-order valence-corrected chi connectivity index (χ0v) is 21.0. The maximum absolute atomic E-state index is 6.08. The van der Waals surface area contributed by atoms with Crippen molar-refractivity contribution >= 4 is 29.9 Å². The number of likely N-dealkylation sites (tertiary alicyclic amines) is 1. The molecule has 0 aromatic heterocycles. The summed E-state index contributed by atoms with van der Waals surface area (Å²) in [5.74, 6) is 1.04. The van der Waals surface area contributed by atoms with E-state index in [0.717, 1.165) is 64.7 Å². The van der Waals surface area contributed by atoms with E-state index in [2.05, 4.69) is 58.5 Å². The number of nitrogens with one attached hydrogen (secondary N) is 1. The molecule has 1 atom stereocenters. The van der Waals surface area contributed by atoms with Crippen molar-refractivity contribution in [3.8, 4) is 0 Å². The summed E-state index contributed by atoms with van der Waals surface area (Å²) in [6, 6.07) is 9.29. The lowest BCUT2D eigenvalue weighted by Gasteiger charge is -2.25. The number of hydrogen-bond acceptors (Lipinski definition) is 4. The van der Waals surface area contributed by atoms with Crippen LogP contribution >= 0.6 is 24.0 Å². The zero-order valence-electron chi connectivity index (χ0n) is 18.7. The first kappa shape index (κ1) is 24.5. The van der Waals surface area contributed by atoms with E-state index in [0.29, 0.717) is 25.3 Å². The van der Waals surface area contributed by atoms with Gasteiger partial charge in [0.2, 0.25) is 0 Å². The summed E-state index contributed by atoms with van der Waals surface area (Å²) in [7, 11) is 0. The quantitative estimate of drug-likeness (QED) is 0.249. The average Bonchev–Trinajstić information content (AvgIpc) is 3.48. The molecule has 1 unspecified atom stereocenters. The standard InChI is InChI=1S/C24H36N4O2.HI/c1-2-25-24(28-13-8-22(18-28)27-11-3-4-12-27)26-17-20-6-5-7-21(16-20)19-30-23-9-14-29-15-10-23;/h3-7,16,22-23H,2,8-15,17-19H2,1H3,(H,25,26);1H. The Labute approximate surface area is 204 Å². The van der Waals surface area contributed by atoms with Crippen molar-refractivity contribution in [2.24, 2.45) is 4.99 Å². The summed E-state index contributed by atoms with van der Waals surface area (Å²) >= 11 is 0. The Kier molecular flexibility index (Phi) is 10.1. The molecule has 1 N–H and O–H groups in total. The zero-order chi connectivity index (χ0) is 20.6. The number of ether oxygens (including phenoxy) is 2. The lowest BCUT2D eigenvalue weighted by Crippen LogP contribution is -2.42. The number of nitrogens with zero attached hydrogens (tertiary/aromatic N) is 3. The molecular formula is C24H37IN4O2. The van der Waals surface area contributed by atoms with Gasteiger partial charge in [0, 0.05) is 52.0 Å². The molecule has 1 aromatic carbocycles. The SMILES string of the molecule is CCNC(=NCc1cccc(COC2CCOCC2)c1)N1CCC(N2CC=CC2)C1.I. The van der Waals surface area contributed by atoms with Crippen molar-refractivity contribution in [1.82, 2.24) is 15.1 Å². The van der Waals surface area contributed by atoms with Crippen molar-refractivity contribution in [2.75, 3.05) is 45.9 Å². The molecule has 0 radical (unpaired) electrons. The van der Waals surface area contributed by atoms with Gasteiger partial charge in [0.05, 0.1) is 19.3 Å². The van der Waals surface area contributed by atoms with E-state index in [9.17, 15) is 0 Å². The molecule has 1 aromatic rings. The van der Waals surface area contributed by atoms with Gasteiger partial charge in [0.25, 0.3) is 0 Å². The molecular weight excluding hydrogens is 503 g/mol. The number of hydrogen-bond donors (Lipinski definition) is 1. The van der Waals surface area contributed by atoms with Crippen molar-refractivity contribution in [1.29, 1.82) is 0 Å². The molecule has 0 aliphatic carbocycles. The van der Waals surface area contributed by atoms with E-state index in [-0.39, 0.29) is 24.0 Å². The Morgan fingerprint density at radius 1 is 1.16 bits per heavy atom. The van der Waals surface area contributed by atoms with Crippen LogP contribution in [0, 0.1) is 0 Å². The fourth-order valence-corrected chi connectivity index (χ4v) is 4.49. The summed E-state index contributed by atoms with van der Waals surface area (Å²) in [5, 5.41) is 3.49. The van der Waals surface area contributed by atoms with Crippen molar-refractivity contribution in [3.63, 3.8) is 0 Å². The van der Waals surface area contributed by atoms with E-state index in [1.807, 2.05) is 0 Å². The molecule has 4 rings (SSSR count). The molecule has 0 spiro atoms. The molecule has 7 heteroatoms. The normalized spacial score (nSPS) is 22.7. The minimum absolute atomic E-state index is 0. The van der Waals surface area contributed by atoms with Gasteiger partial charge in [-0.15, -0.1) is 24.0 Å². The monoisotopic (exact) mass is 540 g/mol. The Hall–Kier alpha value is -1.16. The molecule has 0 amide bonds.